The van der Waals surface area contributed by atoms with Gasteiger partial charge in [-0.25, -0.2) is 0 Å². The van der Waals surface area contributed by atoms with Gasteiger partial charge in [0.05, 0.1) is 11.1 Å². The molecule has 36 heavy (non-hydrogen) atoms. The number of carbonyl (C=O) groups is 2. The van der Waals surface area contributed by atoms with Crippen LogP contribution in [-0.2, 0) is 9.59 Å². The Morgan fingerprint density at radius 2 is 1.78 bits per heavy atom. The Bertz CT molecular complexity index is 1330. The first kappa shape index (κ1) is 26.5. The Balaban J connectivity index is 1.77. The van der Waals surface area contributed by atoms with E-state index in [1.54, 1.807) is 36.4 Å². The van der Waals surface area contributed by atoms with E-state index in [1.165, 1.54) is 6.08 Å². The highest BCUT2D eigenvalue weighted by Crippen LogP contribution is 2.37. The molecule has 2 N–H and O–H groups in total. The third-order valence-electron chi connectivity index (χ3n) is 5.27. The molecular formula is C28H26BrN3O4. The maximum Gasteiger partial charge on any atom is 0.266 e. The smallest absolute Gasteiger partial charge is 0.266 e. The number of carbonyl (C=O) groups excluding carboxylic acids is 2. The highest BCUT2D eigenvalue weighted by atomic mass is 79.9. The molecule has 0 bridgehead atoms. The molecule has 184 valence electrons. The molecule has 3 rings (SSSR count). The fourth-order valence-electron chi connectivity index (χ4n) is 3.32. The van der Waals surface area contributed by atoms with Crippen molar-refractivity contribution >= 4 is 45.2 Å². The second-order valence-corrected chi connectivity index (χ2v) is 8.69. The van der Waals surface area contributed by atoms with Gasteiger partial charge in [-0.15, -0.1) is 0 Å². The first-order valence-electron chi connectivity index (χ1n) is 11.3. The van der Waals surface area contributed by atoms with Crippen molar-refractivity contribution in [2.24, 2.45) is 0 Å². The normalized spacial score (nSPS) is 10.8. The van der Waals surface area contributed by atoms with Gasteiger partial charge < -0.3 is 20.1 Å². The van der Waals surface area contributed by atoms with Gasteiger partial charge in [-0.1, -0.05) is 30.3 Å². The molecule has 3 aromatic rings. The maximum atomic E-state index is 12.6. The third-order valence-corrected chi connectivity index (χ3v) is 5.85. The van der Waals surface area contributed by atoms with Crippen LogP contribution in [0.1, 0.15) is 23.6 Å². The quantitative estimate of drug-likeness (QED) is 0.251. The van der Waals surface area contributed by atoms with E-state index in [1.807, 2.05) is 51.1 Å². The summed E-state index contributed by atoms with van der Waals surface area (Å²) < 4.78 is 12.0. The van der Waals surface area contributed by atoms with Gasteiger partial charge in [-0.3, -0.25) is 9.59 Å². The topological polar surface area (TPSA) is 100 Å². The molecule has 0 aromatic heterocycles. The average Bonchev–Trinajstić information content (AvgIpc) is 2.85. The minimum atomic E-state index is -0.527. The second kappa shape index (κ2) is 12.6. The van der Waals surface area contributed by atoms with Gasteiger partial charge >= 0.3 is 0 Å². The van der Waals surface area contributed by atoms with Gasteiger partial charge in [0.15, 0.2) is 18.1 Å². The van der Waals surface area contributed by atoms with Crippen molar-refractivity contribution in [3.05, 3.63) is 87.4 Å². The van der Waals surface area contributed by atoms with Gasteiger partial charge in [0, 0.05) is 11.4 Å². The minimum Gasteiger partial charge on any atom is -0.490 e. The number of aryl methyl sites for hydroxylation is 1. The van der Waals surface area contributed by atoms with Crippen LogP contribution in [0.3, 0.4) is 0 Å². The monoisotopic (exact) mass is 547 g/mol. The van der Waals surface area contributed by atoms with Crippen LogP contribution in [0.4, 0.5) is 11.4 Å². The highest BCUT2D eigenvalue weighted by Gasteiger charge is 2.16. The van der Waals surface area contributed by atoms with Gasteiger partial charge in [0.2, 0.25) is 0 Å². The summed E-state index contributed by atoms with van der Waals surface area (Å²) in [7, 11) is 0. The summed E-state index contributed by atoms with van der Waals surface area (Å²) >= 11 is 3.46. The molecule has 0 radical (unpaired) electrons. The number of ether oxygens (including phenoxy) is 2. The Morgan fingerprint density at radius 3 is 2.47 bits per heavy atom. The predicted octanol–water partition coefficient (Wildman–Crippen LogP) is 6.03. The standard InChI is InChI=1S/C28H26BrN3O4/c1-4-35-25-15-20(13-21(16-30)28(34)31-22-10-6-5-7-11-22)14-23(29)27(25)36-17-26(33)32-24-12-8-9-18(2)19(24)3/h5-15H,4,17H2,1-3H3,(H,31,34)(H,32,33)/b21-13+. The Hall–Kier alpha value is -4.09. The molecule has 3 aromatic carbocycles. The van der Waals surface area contributed by atoms with E-state index in [9.17, 15) is 14.9 Å². The van der Waals surface area contributed by atoms with Crippen molar-refractivity contribution in [1.29, 1.82) is 5.26 Å². The van der Waals surface area contributed by atoms with E-state index in [0.717, 1.165) is 16.8 Å². The number of amides is 2. The summed E-state index contributed by atoms with van der Waals surface area (Å²) in [5, 5.41) is 15.1. The number of hydrogen-bond donors (Lipinski definition) is 2. The molecule has 0 aliphatic carbocycles. The Labute approximate surface area is 218 Å². The summed E-state index contributed by atoms with van der Waals surface area (Å²) in [6.07, 6.45) is 1.46. The van der Waals surface area contributed by atoms with Crippen LogP contribution in [0.15, 0.2) is 70.7 Å². The predicted molar refractivity (Wildman–Crippen MR) is 144 cm³/mol. The third kappa shape index (κ3) is 6.96. The molecule has 2 amide bonds. The number of nitrogens with zero attached hydrogens (tertiary/aromatic N) is 1. The van der Waals surface area contributed by atoms with Crippen molar-refractivity contribution in [3.8, 4) is 17.6 Å². The van der Waals surface area contributed by atoms with Crippen molar-refractivity contribution in [2.45, 2.75) is 20.8 Å². The molecule has 8 heteroatoms. The van der Waals surface area contributed by atoms with Crippen LogP contribution in [0.25, 0.3) is 6.08 Å². The van der Waals surface area contributed by atoms with E-state index in [4.69, 9.17) is 9.47 Å². The molecule has 0 aliphatic heterocycles. The average molecular weight is 548 g/mol. The molecule has 0 unspecified atom stereocenters. The lowest BCUT2D eigenvalue weighted by molar-refractivity contribution is -0.118. The molecule has 0 atom stereocenters. The van der Waals surface area contributed by atoms with Crippen molar-refractivity contribution in [3.63, 3.8) is 0 Å². The molecular weight excluding hydrogens is 522 g/mol. The van der Waals surface area contributed by atoms with Crippen molar-refractivity contribution < 1.29 is 19.1 Å². The van der Waals surface area contributed by atoms with Crippen LogP contribution in [0, 0.1) is 25.2 Å². The van der Waals surface area contributed by atoms with E-state index in [0.29, 0.717) is 33.8 Å². The molecule has 7 nitrogen and oxygen atoms in total. The fourth-order valence-corrected chi connectivity index (χ4v) is 3.89. The first-order chi connectivity index (χ1) is 17.3. The largest absolute Gasteiger partial charge is 0.490 e. The SMILES string of the molecule is CCOc1cc(/C=C(\C#N)C(=O)Nc2ccccc2)cc(Br)c1OCC(=O)Nc1cccc(C)c1C. The maximum absolute atomic E-state index is 12.6. The molecule has 0 saturated carbocycles. The number of para-hydroxylation sites is 1. The number of nitrogens with one attached hydrogen (secondary N) is 2. The summed E-state index contributed by atoms with van der Waals surface area (Å²) in [5.74, 6) is -0.122. The summed E-state index contributed by atoms with van der Waals surface area (Å²) in [6, 6.07) is 19.9. The lowest BCUT2D eigenvalue weighted by atomic mass is 10.1. The summed E-state index contributed by atoms with van der Waals surface area (Å²) in [6.45, 7) is 5.86. The van der Waals surface area contributed by atoms with Crippen LogP contribution in [0.2, 0.25) is 0 Å². The molecule has 0 fully saturated rings. The molecule has 0 aliphatic rings. The minimum absolute atomic E-state index is 0.0743. The summed E-state index contributed by atoms with van der Waals surface area (Å²) in [4.78, 5) is 25.1. The van der Waals surface area contributed by atoms with Crippen LogP contribution in [0.5, 0.6) is 11.5 Å². The van der Waals surface area contributed by atoms with E-state index < -0.39 is 5.91 Å². The van der Waals surface area contributed by atoms with E-state index >= 15 is 0 Å². The number of nitriles is 1. The zero-order valence-electron chi connectivity index (χ0n) is 20.2. The van der Waals surface area contributed by atoms with Gasteiger partial charge in [0.1, 0.15) is 11.6 Å². The van der Waals surface area contributed by atoms with Crippen LogP contribution >= 0.6 is 15.9 Å². The van der Waals surface area contributed by atoms with Crippen molar-refractivity contribution in [1.82, 2.24) is 0 Å². The molecule has 0 spiro atoms. The van der Waals surface area contributed by atoms with Gasteiger partial charge in [-0.05, 0) is 89.8 Å². The number of anilines is 2. The summed E-state index contributed by atoms with van der Waals surface area (Å²) in [5.41, 5.74) is 3.86. The zero-order chi connectivity index (χ0) is 26.1. The number of halogens is 1. The fraction of sp³-hybridized carbons (Fsp3) is 0.179. The van der Waals surface area contributed by atoms with Crippen molar-refractivity contribution in [2.75, 3.05) is 23.8 Å². The van der Waals surface area contributed by atoms with E-state index in [2.05, 4.69) is 26.6 Å². The molecule has 0 heterocycles. The van der Waals surface area contributed by atoms with Gasteiger partial charge in [-0.2, -0.15) is 5.26 Å². The number of rotatable bonds is 9. The Morgan fingerprint density at radius 1 is 1.03 bits per heavy atom. The van der Waals surface area contributed by atoms with Crippen LogP contribution < -0.4 is 20.1 Å². The molecule has 0 saturated heterocycles. The van der Waals surface area contributed by atoms with Crippen LogP contribution in [-0.4, -0.2) is 25.0 Å². The lowest BCUT2D eigenvalue weighted by Gasteiger charge is -2.15. The number of benzene rings is 3. The first-order valence-corrected chi connectivity index (χ1v) is 12.0. The van der Waals surface area contributed by atoms with Gasteiger partial charge in [0.25, 0.3) is 11.8 Å². The second-order valence-electron chi connectivity index (χ2n) is 7.84. The lowest BCUT2D eigenvalue weighted by Crippen LogP contribution is -2.21. The van der Waals surface area contributed by atoms with E-state index in [-0.39, 0.29) is 18.1 Å². The highest BCUT2D eigenvalue weighted by molar-refractivity contribution is 9.10. The number of hydrogen-bond acceptors (Lipinski definition) is 5. The Kier molecular flexibility index (Phi) is 9.25. The zero-order valence-corrected chi connectivity index (χ0v) is 21.8.